The number of hydrogen-bond donors (Lipinski definition) is 1. The molecule has 3 aromatic rings. The second-order valence-electron chi connectivity index (χ2n) is 7.23. The van der Waals surface area contributed by atoms with E-state index in [0.717, 1.165) is 41.0 Å². The lowest BCUT2D eigenvalue weighted by Gasteiger charge is -2.21. The van der Waals surface area contributed by atoms with Crippen LogP contribution in [-0.2, 0) is 17.7 Å². The zero-order valence-electron chi connectivity index (χ0n) is 16.7. The summed E-state index contributed by atoms with van der Waals surface area (Å²) in [5.74, 6) is 0.664. The highest BCUT2D eigenvalue weighted by molar-refractivity contribution is 7.99. The minimum atomic E-state index is 0.0120. The summed E-state index contributed by atoms with van der Waals surface area (Å²) in [5.41, 5.74) is 3.13. The molecular formula is C21H25N3O3S2. The molecule has 0 spiro atoms. The van der Waals surface area contributed by atoms with Crippen molar-refractivity contribution < 1.29 is 9.84 Å². The average Bonchev–Trinajstić information content (AvgIpc) is 3.05. The predicted octanol–water partition coefficient (Wildman–Crippen LogP) is 2.84. The van der Waals surface area contributed by atoms with Crippen molar-refractivity contribution in [3.05, 3.63) is 50.6 Å². The maximum Gasteiger partial charge on any atom is 0.267 e. The first-order valence-corrected chi connectivity index (χ1v) is 11.5. The Morgan fingerprint density at radius 1 is 1.34 bits per heavy atom. The average molecular weight is 432 g/mol. The summed E-state index contributed by atoms with van der Waals surface area (Å²) in [5, 5.41) is 10.3. The van der Waals surface area contributed by atoms with Crippen LogP contribution in [0, 0.1) is 6.92 Å². The summed E-state index contributed by atoms with van der Waals surface area (Å²) < 4.78 is 7.12. The van der Waals surface area contributed by atoms with Crippen molar-refractivity contribution in [3.63, 3.8) is 0 Å². The number of thiophene rings is 1. The van der Waals surface area contributed by atoms with Crippen LogP contribution in [0.2, 0.25) is 0 Å². The SMILES string of the molecule is Cc1cccc(-n2c(SCCOCCO)nc3sc4c(c3c2=O)CCN(C)C4)c1. The first kappa shape index (κ1) is 20.6. The smallest absolute Gasteiger partial charge is 0.267 e. The Balaban J connectivity index is 1.81. The van der Waals surface area contributed by atoms with E-state index < -0.39 is 0 Å². The molecule has 0 atom stereocenters. The fourth-order valence-electron chi connectivity index (χ4n) is 3.60. The van der Waals surface area contributed by atoms with Crippen molar-refractivity contribution >= 4 is 33.3 Å². The summed E-state index contributed by atoms with van der Waals surface area (Å²) in [6.45, 7) is 4.69. The number of ether oxygens (including phenoxy) is 1. The van der Waals surface area contributed by atoms with Gasteiger partial charge in [-0.15, -0.1) is 11.3 Å². The standard InChI is InChI=1S/C21H25N3O3S2/c1-14-4-3-5-15(12-14)24-20(26)18-16-6-7-23(2)13-17(16)29-19(18)22-21(24)28-11-10-27-9-8-25/h3-5,12,25H,6-11,13H2,1-2H3. The van der Waals surface area contributed by atoms with Gasteiger partial charge in [0.15, 0.2) is 5.16 Å². The normalized spacial score (nSPS) is 14.4. The van der Waals surface area contributed by atoms with Gasteiger partial charge in [-0.2, -0.15) is 0 Å². The Labute approximate surface area is 178 Å². The Morgan fingerprint density at radius 2 is 2.21 bits per heavy atom. The third-order valence-electron chi connectivity index (χ3n) is 4.99. The third kappa shape index (κ3) is 4.27. The molecule has 29 heavy (non-hydrogen) atoms. The molecule has 0 amide bonds. The minimum Gasteiger partial charge on any atom is -0.394 e. The van der Waals surface area contributed by atoms with Gasteiger partial charge < -0.3 is 14.7 Å². The molecule has 0 saturated carbocycles. The molecule has 1 N–H and O–H groups in total. The van der Waals surface area contributed by atoms with Crippen LogP contribution in [0.3, 0.4) is 0 Å². The van der Waals surface area contributed by atoms with E-state index in [9.17, 15) is 4.79 Å². The molecular weight excluding hydrogens is 406 g/mol. The van der Waals surface area contributed by atoms with E-state index in [1.54, 1.807) is 15.9 Å². The zero-order valence-corrected chi connectivity index (χ0v) is 18.3. The van der Waals surface area contributed by atoms with Gasteiger partial charge in [0, 0.05) is 23.7 Å². The Bertz CT molecular complexity index is 1080. The number of thioether (sulfide) groups is 1. The number of fused-ring (bicyclic) bond motifs is 3. The van der Waals surface area contributed by atoms with Gasteiger partial charge in [-0.1, -0.05) is 23.9 Å². The molecule has 6 nitrogen and oxygen atoms in total. The van der Waals surface area contributed by atoms with E-state index in [4.69, 9.17) is 14.8 Å². The quantitative estimate of drug-likeness (QED) is 0.353. The molecule has 1 aliphatic rings. The van der Waals surface area contributed by atoms with Crippen LogP contribution in [0.1, 0.15) is 16.0 Å². The van der Waals surface area contributed by atoms with Gasteiger partial charge in [-0.3, -0.25) is 9.36 Å². The van der Waals surface area contributed by atoms with Gasteiger partial charge in [-0.05, 0) is 43.7 Å². The van der Waals surface area contributed by atoms with E-state index >= 15 is 0 Å². The topological polar surface area (TPSA) is 67.6 Å². The van der Waals surface area contributed by atoms with Crippen molar-refractivity contribution in [1.82, 2.24) is 14.5 Å². The first-order valence-electron chi connectivity index (χ1n) is 9.72. The third-order valence-corrected chi connectivity index (χ3v) is 7.00. The summed E-state index contributed by atoms with van der Waals surface area (Å²) in [7, 11) is 2.11. The van der Waals surface area contributed by atoms with Crippen LogP contribution in [-0.4, -0.2) is 58.7 Å². The van der Waals surface area contributed by atoms with Gasteiger partial charge in [-0.25, -0.2) is 4.98 Å². The fraction of sp³-hybridized carbons (Fsp3) is 0.429. The van der Waals surface area contributed by atoms with Crippen LogP contribution < -0.4 is 5.56 Å². The second kappa shape index (κ2) is 8.97. The monoisotopic (exact) mass is 431 g/mol. The molecule has 4 rings (SSSR count). The molecule has 1 aromatic carbocycles. The summed E-state index contributed by atoms with van der Waals surface area (Å²) in [4.78, 5) is 22.9. The lowest BCUT2D eigenvalue weighted by Crippen LogP contribution is -2.27. The number of aryl methyl sites for hydroxylation is 1. The molecule has 0 saturated heterocycles. The summed E-state index contributed by atoms with van der Waals surface area (Å²) in [6, 6.07) is 7.98. The van der Waals surface area contributed by atoms with E-state index in [1.807, 2.05) is 31.2 Å². The van der Waals surface area contributed by atoms with Crippen LogP contribution in [0.5, 0.6) is 0 Å². The van der Waals surface area contributed by atoms with Crippen LogP contribution >= 0.6 is 23.1 Å². The van der Waals surface area contributed by atoms with Crippen molar-refractivity contribution in [1.29, 1.82) is 0 Å². The first-order chi connectivity index (χ1) is 14.1. The molecule has 3 heterocycles. The van der Waals surface area contributed by atoms with Crippen molar-refractivity contribution in [2.24, 2.45) is 0 Å². The van der Waals surface area contributed by atoms with Crippen molar-refractivity contribution in [3.8, 4) is 5.69 Å². The molecule has 154 valence electrons. The summed E-state index contributed by atoms with van der Waals surface area (Å²) >= 11 is 3.16. The number of aliphatic hydroxyl groups is 1. The Morgan fingerprint density at radius 3 is 3.00 bits per heavy atom. The number of likely N-dealkylation sites (N-methyl/N-ethyl adjacent to an activating group) is 1. The largest absolute Gasteiger partial charge is 0.394 e. The van der Waals surface area contributed by atoms with Crippen molar-refractivity contribution in [2.75, 3.05) is 39.2 Å². The van der Waals surface area contributed by atoms with E-state index in [-0.39, 0.29) is 12.2 Å². The second-order valence-corrected chi connectivity index (χ2v) is 9.38. The van der Waals surface area contributed by atoms with Gasteiger partial charge >= 0.3 is 0 Å². The van der Waals surface area contributed by atoms with Crippen LogP contribution in [0.15, 0.2) is 34.2 Å². The highest BCUT2D eigenvalue weighted by Gasteiger charge is 2.24. The van der Waals surface area contributed by atoms with Gasteiger partial charge in [0.2, 0.25) is 0 Å². The molecule has 2 aromatic heterocycles. The Kier molecular flexibility index (Phi) is 6.36. The lowest BCUT2D eigenvalue weighted by atomic mass is 10.1. The van der Waals surface area contributed by atoms with E-state index in [1.165, 1.54) is 22.2 Å². The minimum absolute atomic E-state index is 0.0120. The van der Waals surface area contributed by atoms with Crippen LogP contribution in [0.4, 0.5) is 0 Å². The highest BCUT2D eigenvalue weighted by atomic mass is 32.2. The van der Waals surface area contributed by atoms with Crippen LogP contribution in [0.25, 0.3) is 15.9 Å². The number of aliphatic hydroxyl groups excluding tert-OH is 1. The maximum absolute atomic E-state index is 13.6. The molecule has 0 fully saturated rings. The zero-order chi connectivity index (χ0) is 20.4. The predicted molar refractivity (Wildman–Crippen MR) is 119 cm³/mol. The molecule has 1 aliphatic heterocycles. The maximum atomic E-state index is 13.6. The van der Waals surface area contributed by atoms with Gasteiger partial charge in [0.1, 0.15) is 4.83 Å². The molecule has 8 heteroatoms. The fourth-order valence-corrected chi connectivity index (χ4v) is 5.81. The van der Waals surface area contributed by atoms with Gasteiger partial charge in [0.25, 0.3) is 5.56 Å². The molecule has 0 radical (unpaired) electrons. The van der Waals surface area contributed by atoms with Crippen molar-refractivity contribution in [2.45, 2.75) is 25.0 Å². The number of nitrogens with zero attached hydrogens (tertiary/aromatic N) is 3. The molecule has 0 aliphatic carbocycles. The molecule has 0 unspecified atom stereocenters. The van der Waals surface area contributed by atoms with E-state index in [2.05, 4.69) is 11.9 Å². The summed E-state index contributed by atoms with van der Waals surface area (Å²) in [6.07, 6.45) is 0.887. The number of rotatable bonds is 7. The number of benzene rings is 1. The highest BCUT2D eigenvalue weighted by Crippen LogP contribution is 2.34. The lowest BCUT2D eigenvalue weighted by molar-refractivity contribution is 0.103. The van der Waals surface area contributed by atoms with E-state index in [0.29, 0.717) is 24.1 Å². The number of hydrogen-bond acceptors (Lipinski definition) is 7. The Hall–Kier alpha value is -1.71. The van der Waals surface area contributed by atoms with Gasteiger partial charge in [0.05, 0.1) is 30.9 Å². The molecule has 0 bridgehead atoms. The number of aromatic nitrogens is 2.